The van der Waals surface area contributed by atoms with E-state index in [1.54, 1.807) is 31.5 Å². The van der Waals surface area contributed by atoms with Crippen molar-refractivity contribution in [2.45, 2.75) is 6.54 Å². The summed E-state index contributed by atoms with van der Waals surface area (Å²) < 4.78 is 5.04. The number of nitrogens with zero attached hydrogens (tertiary/aromatic N) is 1. The molecule has 0 bridgehead atoms. The summed E-state index contributed by atoms with van der Waals surface area (Å²) in [6, 6.07) is 18.8. The van der Waals surface area contributed by atoms with Crippen LogP contribution in [0.5, 0.6) is 5.88 Å². The van der Waals surface area contributed by atoms with Crippen molar-refractivity contribution < 1.29 is 9.53 Å². The van der Waals surface area contributed by atoms with Crippen LogP contribution in [0.2, 0.25) is 0 Å². The Morgan fingerprint density at radius 1 is 1.11 bits per heavy atom. The maximum atomic E-state index is 12.0. The van der Waals surface area contributed by atoms with Gasteiger partial charge in [0, 0.05) is 18.7 Å². The number of nitrogen functional groups attached to an aromatic ring is 1. The normalized spacial score (nSPS) is 10.6. The number of carbonyl (C=O) groups is 1. The van der Waals surface area contributed by atoms with Crippen LogP contribution in [-0.4, -0.2) is 18.0 Å². The second-order valence-electron chi connectivity index (χ2n) is 6.09. The number of aromatic nitrogens is 1. The zero-order chi connectivity index (χ0) is 19.8. The number of pyridine rings is 1. The SMILES string of the molecule is COc1ccc(NCc2ccc(/C=C\C(=O)Nc3ccccc3N)cc2)cn1. The molecule has 6 nitrogen and oxygen atoms in total. The maximum Gasteiger partial charge on any atom is 0.248 e. The lowest BCUT2D eigenvalue weighted by atomic mass is 10.1. The molecule has 0 saturated heterocycles. The number of rotatable bonds is 7. The zero-order valence-electron chi connectivity index (χ0n) is 15.6. The third kappa shape index (κ3) is 5.35. The van der Waals surface area contributed by atoms with Crippen LogP contribution in [0.15, 0.2) is 72.9 Å². The summed E-state index contributed by atoms with van der Waals surface area (Å²) >= 11 is 0. The molecule has 3 rings (SSSR count). The highest BCUT2D eigenvalue weighted by molar-refractivity contribution is 6.03. The average molecular weight is 374 g/mol. The third-order valence-corrected chi connectivity index (χ3v) is 4.07. The van der Waals surface area contributed by atoms with Gasteiger partial charge in [-0.25, -0.2) is 4.98 Å². The molecule has 1 amide bonds. The lowest BCUT2D eigenvalue weighted by Crippen LogP contribution is -2.09. The van der Waals surface area contributed by atoms with E-state index in [-0.39, 0.29) is 5.91 Å². The highest BCUT2D eigenvalue weighted by Gasteiger charge is 2.01. The summed E-state index contributed by atoms with van der Waals surface area (Å²) in [6.07, 6.45) is 4.98. The van der Waals surface area contributed by atoms with E-state index in [2.05, 4.69) is 15.6 Å². The van der Waals surface area contributed by atoms with Gasteiger partial charge in [-0.2, -0.15) is 0 Å². The fourth-order valence-electron chi connectivity index (χ4n) is 2.51. The largest absolute Gasteiger partial charge is 0.481 e. The summed E-state index contributed by atoms with van der Waals surface area (Å²) in [6.45, 7) is 0.672. The van der Waals surface area contributed by atoms with E-state index in [1.807, 2.05) is 48.5 Å². The molecular formula is C22H22N4O2. The minimum absolute atomic E-state index is 0.226. The monoisotopic (exact) mass is 374 g/mol. The first-order chi connectivity index (χ1) is 13.6. The summed E-state index contributed by atoms with van der Waals surface area (Å²) in [5, 5.41) is 6.07. The van der Waals surface area contributed by atoms with Gasteiger partial charge >= 0.3 is 0 Å². The van der Waals surface area contributed by atoms with Crippen molar-refractivity contribution in [1.29, 1.82) is 0 Å². The number of benzene rings is 2. The number of anilines is 3. The number of nitrogens with one attached hydrogen (secondary N) is 2. The van der Waals surface area contributed by atoms with E-state index in [1.165, 1.54) is 6.08 Å². The first-order valence-electron chi connectivity index (χ1n) is 8.80. The number of hydrogen-bond acceptors (Lipinski definition) is 5. The second kappa shape index (κ2) is 9.23. The molecule has 0 radical (unpaired) electrons. The Bertz CT molecular complexity index is 951. The van der Waals surface area contributed by atoms with Crippen molar-refractivity contribution in [3.05, 3.63) is 84.1 Å². The Kier molecular flexibility index (Phi) is 6.25. The number of methoxy groups -OCH3 is 1. The smallest absolute Gasteiger partial charge is 0.248 e. The van der Waals surface area contributed by atoms with E-state index in [4.69, 9.17) is 10.5 Å². The molecule has 0 atom stereocenters. The molecule has 1 heterocycles. The molecule has 4 N–H and O–H groups in total. The Balaban J connectivity index is 1.52. The van der Waals surface area contributed by atoms with Crippen LogP contribution < -0.4 is 21.1 Å². The highest BCUT2D eigenvalue weighted by atomic mass is 16.5. The molecule has 0 aliphatic carbocycles. The summed E-state index contributed by atoms with van der Waals surface area (Å²) in [5.41, 5.74) is 9.94. The molecule has 0 unspecified atom stereocenters. The Hall–Kier alpha value is -3.80. The van der Waals surface area contributed by atoms with Crippen molar-refractivity contribution >= 4 is 29.0 Å². The molecule has 0 aliphatic heterocycles. The number of hydrogen-bond donors (Lipinski definition) is 3. The first kappa shape index (κ1) is 19.0. The number of carbonyl (C=O) groups excluding carboxylic acids is 1. The van der Waals surface area contributed by atoms with Gasteiger partial charge in [0.25, 0.3) is 0 Å². The standard InChI is InChI=1S/C22H22N4O2/c1-28-22-13-11-18(15-25-22)24-14-17-8-6-16(7-9-17)10-12-21(27)26-20-5-3-2-4-19(20)23/h2-13,15,24H,14,23H2,1H3,(H,26,27)/b12-10-. The molecule has 2 aromatic carbocycles. The van der Waals surface area contributed by atoms with Gasteiger partial charge in [0.15, 0.2) is 0 Å². The Morgan fingerprint density at radius 2 is 1.89 bits per heavy atom. The van der Waals surface area contributed by atoms with Gasteiger partial charge in [-0.15, -0.1) is 0 Å². The Labute approximate surface area is 164 Å². The molecule has 0 saturated carbocycles. The summed E-state index contributed by atoms with van der Waals surface area (Å²) in [4.78, 5) is 16.2. The van der Waals surface area contributed by atoms with Gasteiger partial charge in [0.1, 0.15) is 0 Å². The van der Waals surface area contributed by atoms with Crippen LogP contribution in [0.4, 0.5) is 17.1 Å². The molecule has 0 spiro atoms. The fraction of sp³-hybridized carbons (Fsp3) is 0.0909. The predicted octanol–water partition coefficient (Wildman–Crippen LogP) is 3.94. The molecule has 1 aromatic heterocycles. The minimum atomic E-state index is -0.226. The number of nitrogens with two attached hydrogens (primary N) is 1. The minimum Gasteiger partial charge on any atom is -0.481 e. The highest BCUT2D eigenvalue weighted by Crippen LogP contribution is 2.17. The van der Waals surface area contributed by atoms with Crippen molar-refractivity contribution in [1.82, 2.24) is 4.98 Å². The number of amides is 1. The molecule has 3 aromatic rings. The molecule has 28 heavy (non-hydrogen) atoms. The lowest BCUT2D eigenvalue weighted by molar-refractivity contribution is -0.111. The van der Waals surface area contributed by atoms with Crippen molar-refractivity contribution in [3.8, 4) is 5.88 Å². The fourth-order valence-corrected chi connectivity index (χ4v) is 2.51. The maximum absolute atomic E-state index is 12.0. The van der Waals surface area contributed by atoms with E-state index >= 15 is 0 Å². The van der Waals surface area contributed by atoms with Crippen LogP contribution in [-0.2, 0) is 11.3 Å². The van der Waals surface area contributed by atoms with E-state index in [9.17, 15) is 4.79 Å². The molecule has 0 aliphatic rings. The van der Waals surface area contributed by atoms with E-state index < -0.39 is 0 Å². The van der Waals surface area contributed by atoms with Gasteiger partial charge in [-0.3, -0.25) is 4.79 Å². The van der Waals surface area contributed by atoms with E-state index in [0.29, 0.717) is 23.8 Å². The van der Waals surface area contributed by atoms with Crippen molar-refractivity contribution in [3.63, 3.8) is 0 Å². The van der Waals surface area contributed by atoms with E-state index in [0.717, 1.165) is 16.8 Å². The predicted molar refractivity (Wildman–Crippen MR) is 113 cm³/mol. The van der Waals surface area contributed by atoms with Crippen LogP contribution in [0, 0.1) is 0 Å². The molecule has 6 heteroatoms. The van der Waals surface area contributed by atoms with Gasteiger partial charge in [-0.05, 0) is 35.4 Å². The van der Waals surface area contributed by atoms with Crippen LogP contribution in [0.25, 0.3) is 6.08 Å². The zero-order valence-corrected chi connectivity index (χ0v) is 15.6. The van der Waals surface area contributed by atoms with Crippen LogP contribution in [0.3, 0.4) is 0 Å². The molecular weight excluding hydrogens is 352 g/mol. The van der Waals surface area contributed by atoms with Crippen molar-refractivity contribution in [2.75, 3.05) is 23.5 Å². The topological polar surface area (TPSA) is 89.3 Å². The quantitative estimate of drug-likeness (QED) is 0.431. The second-order valence-corrected chi connectivity index (χ2v) is 6.09. The van der Waals surface area contributed by atoms with Crippen molar-refractivity contribution in [2.24, 2.45) is 0 Å². The van der Waals surface area contributed by atoms with Crippen LogP contribution in [0.1, 0.15) is 11.1 Å². The van der Waals surface area contributed by atoms with Gasteiger partial charge in [0.2, 0.25) is 11.8 Å². The molecule has 0 fully saturated rings. The number of para-hydroxylation sites is 2. The molecule has 142 valence electrons. The summed E-state index contributed by atoms with van der Waals surface area (Å²) in [5.74, 6) is 0.358. The van der Waals surface area contributed by atoms with Gasteiger partial charge < -0.3 is 21.1 Å². The Morgan fingerprint density at radius 3 is 2.57 bits per heavy atom. The van der Waals surface area contributed by atoms with Crippen LogP contribution >= 0.6 is 0 Å². The third-order valence-electron chi connectivity index (χ3n) is 4.07. The number of ether oxygens (including phenoxy) is 1. The summed E-state index contributed by atoms with van der Waals surface area (Å²) in [7, 11) is 1.59. The van der Waals surface area contributed by atoms with Gasteiger partial charge in [0.05, 0.1) is 30.4 Å². The first-order valence-corrected chi connectivity index (χ1v) is 8.80. The average Bonchev–Trinajstić information content (AvgIpc) is 2.73. The van der Waals surface area contributed by atoms with Gasteiger partial charge in [-0.1, -0.05) is 36.4 Å². The lowest BCUT2D eigenvalue weighted by Gasteiger charge is -2.07.